The average molecular weight is 333 g/mol. The molecule has 1 atom stereocenters. The number of hydrogen-bond donors (Lipinski definition) is 2. The van der Waals surface area contributed by atoms with Gasteiger partial charge >= 0.3 is 13.8 Å². The molecule has 2 N–H and O–H groups in total. The zero-order chi connectivity index (χ0) is 16.8. The molecule has 6 nitrogen and oxygen atoms in total. The van der Waals surface area contributed by atoms with E-state index in [-0.39, 0.29) is 18.7 Å². The summed E-state index contributed by atoms with van der Waals surface area (Å²) in [5.41, 5.74) is 1.34. The van der Waals surface area contributed by atoms with Gasteiger partial charge in [-0.3, -0.25) is 4.79 Å². The van der Waals surface area contributed by atoms with Crippen molar-refractivity contribution >= 4 is 13.8 Å². The fourth-order valence-electron chi connectivity index (χ4n) is 2.23. The highest BCUT2D eigenvalue weighted by atomic mass is 31.1. The molecule has 2 aromatic rings. The number of hydrogen-bond acceptors (Lipinski definition) is 4. The summed E-state index contributed by atoms with van der Waals surface area (Å²) >= 11 is 0. The number of rotatable bonds is 7. The van der Waals surface area contributed by atoms with Gasteiger partial charge in [0.1, 0.15) is 11.8 Å². The normalized spacial score (nSPS) is 12.0. The Labute approximate surface area is 133 Å². The van der Waals surface area contributed by atoms with Gasteiger partial charge in [-0.2, -0.15) is 4.67 Å². The SMILES string of the molecule is O=C(O)C(Cc1ccc(O)cc1)N(Cc1ccccc1)P(=O)=O. The molecule has 0 amide bonds. The van der Waals surface area contributed by atoms with Crippen molar-refractivity contribution in [3.8, 4) is 5.75 Å². The van der Waals surface area contributed by atoms with Gasteiger partial charge < -0.3 is 10.2 Å². The molecule has 2 aromatic carbocycles. The Morgan fingerprint density at radius 1 is 1.00 bits per heavy atom. The second-order valence-corrected chi connectivity index (χ2v) is 6.04. The van der Waals surface area contributed by atoms with E-state index in [9.17, 15) is 24.1 Å². The molecule has 7 heteroatoms. The first-order valence-corrected chi connectivity index (χ1v) is 8.06. The van der Waals surface area contributed by atoms with Gasteiger partial charge in [-0.25, -0.2) is 9.13 Å². The average Bonchev–Trinajstić information content (AvgIpc) is 2.53. The number of benzene rings is 2. The predicted octanol–water partition coefficient (Wildman–Crippen LogP) is 2.98. The van der Waals surface area contributed by atoms with E-state index in [1.54, 1.807) is 42.5 Å². The largest absolute Gasteiger partial charge is 0.508 e. The lowest BCUT2D eigenvalue weighted by atomic mass is 10.1. The summed E-state index contributed by atoms with van der Waals surface area (Å²) in [4.78, 5) is 11.5. The van der Waals surface area contributed by atoms with Crippen LogP contribution in [0.2, 0.25) is 0 Å². The van der Waals surface area contributed by atoms with Crippen molar-refractivity contribution < 1.29 is 24.1 Å². The molecule has 0 aromatic heterocycles. The fourth-order valence-corrected chi connectivity index (χ4v) is 2.91. The lowest BCUT2D eigenvalue weighted by Crippen LogP contribution is -2.37. The molecule has 1 unspecified atom stereocenters. The van der Waals surface area contributed by atoms with Crippen molar-refractivity contribution in [3.05, 3.63) is 65.7 Å². The lowest BCUT2D eigenvalue weighted by molar-refractivity contribution is -0.141. The smallest absolute Gasteiger partial charge is 0.399 e. The molecule has 0 aliphatic heterocycles. The monoisotopic (exact) mass is 333 g/mol. The lowest BCUT2D eigenvalue weighted by Gasteiger charge is -2.22. The van der Waals surface area contributed by atoms with Gasteiger partial charge in [0, 0.05) is 6.54 Å². The maximum absolute atomic E-state index is 11.6. The molecule has 0 spiro atoms. The fraction of sp³-hybridized carbons (Fsp3) is 0.188. The van der Waals surface area contributed by atoms with Gasteiger partial charge in [0.15, 0.2) is 0 Å². The number of aromatic hydroxyl groups is 1. The standard InChI is InChI=1S/C16H16NO5P/c18-14-8-6-12(7-9-14)10-15(16(19)20)17(23(21)22)11-13-4-2-1-3-5-13/h1-9,15,18H,10-11H2,(H,19,20). The van der Waals surface area contributed by atoms with Crippen LogP contribution >= 0.6 is 7.83 Å². The number of nitrogens with zero attached hydrogens (tertiary/aromatic N) is 1. The number of phenolic OH excluding ortho intramolecular Hbond substituents is 1. The molecule has 0 radical (unpaired) electrons. The van der Waals surface area contributed by atoms with Crippen LogP contribution in [0.5, 0.6) is 5.75 Å². The Hall–Kier alpha value is -2.43. The first-order valence-electron chi connectivity index (χ1n) is 6.93. The predicted molar refractivity (Wildman–Crippen MR) is 83.5 cm³/mol. The number of carbonyl (C=O) groups is 1. The van der Waals surface area contributed by atoms with Crippen molar-refractivity contribution in [1.29, 1.82) is 0 Å². The Morgan fingerprint density at radius 3 is 2.13 bits per heavy atom. The third-order valence-corrected chi connectivity index (χ3v) is 4.25. The summed E-state index contributed by atoms with van der Waals surface area (Å²) in [5, 5.41) is 18.7. The second-order valence-electron chi connectivity index (χ2n) is 5.05. The topological polar surface area (TPSA) is 94.9 Å². The second kappa shape index (κ2) is 7.72. The molecular weight excluding hydrogens is 317 g/mol. The third-order valence-electron chi connectivity index (χ3n) is 3.41. The number of phenols is 1. The molecule has 0 saturated carbocycles. The molecule has 0 aliphatic carbocycles. The molecule has 0 saturated heterocycles. The summed E-state index contributed by atoms with van der Waals surface area (Å²) in [5.74, 6) is -1.15. The van der Waals surface area contributed by atoms with E-state index < -0.39 is 19.8 Å². The molecule has 0 heterocycles. The van der Waals surface area contributed by atoms with E-state index in [1.165, 1.54) is 12.1 Å². The molecule has 120 valence electrons. The van der Waals surface area contributed by atoms with Crippen molar-refractivity contribution in [2.24, 2.45) is 0 Å². The van der Waals surface area contributed by atoms with Gasteiger partial charge in [0.05, 0.1) is 0 Å². The highest BCUT2D eigenvalue weighted by Crippen LogP contribution is 2.24. The first-order chi connectivity index (χ1) is 11.0. The highest BCUT2D eigenvalue weighted by Gasteiger charge is 2.29. The van der Waals surface area contributed by atoms with Crippen molar-refractivity contribution in [2.75, 3.05) is 0 Å². The Kier molecular flexibility index (Phi) is 5.68. The molecule has 23 heavy (non-hydrogen) atoms. The van der Waals surface area contributed by atoms with E-state index in [2.05, 4.69) is 0 Å². The number of aliphatic carboxylic acids is 1. The molecule has 0 aliphatic rings. The van der Waals surface area contributed by atoms with E-state index in [0.717, 1.165) is 4.67 Å². The zero-order valence-corrected chi connectivity index (χ0v) is 13.1. The summed E-state index contributed by atoms with van der Waals surface area (Å²) in [6.07, 6.45) is 0.0196. The van der Waals surface area contributed by atoms with Crippen LogP contribution < -0.4 is 0 Å². The van der Waals surface area contributed by atoms with Crippen LogP contribution in [0.1, 0.15) is 11.1 Å². The van der Waals surface area contributed by atoms with Gasteiger partial charge in [0.25, 0.3) is 0 Å². The van der Waals surface area contributed by atoms with E-state index >= 15 is 0 Å². The van der Waals surface area contributed by atoms with E-state index in [4.69, 9.17) is 0 Å². The summed E-state index contributed by atoms with van der Waals surface area (Å²) in [6, 6.07) is 13.6. The van der Waals surface area contributed by atoms with Crippen molar-refractivity contribution in [3.63, 3.8) is 0 Å². The minimum Gasteiger partial charge on any atom is -0.508 e. The van der Waals surface area contributed by atoms with Crippen LogP contribution in [0.15, 0.2) is 54.6 Å². The van der Waals surface area contributed by atoms with E-state index in [0.29, 0.717) is 11.1 Å². The highest BCUT2D eigenvalue weighted by molar-refractivity contribution is 7.27. The van der Waals surface area contributed by atoms with Crippen LogP contribution in [0, 0.1) is 0 Å². The van der Waals surface area contributed by atoms with Gasteiger partial charge in [-0.05, 0) is 29.7 Å². The Balaban J connectivity index is 2.24. The number of carboxylic acid groups (broad SMARTS) is 1. The summed E-state index contributed by atoms with van der Waals surface area (Å²) < 4.78 is 24.1. The molecule has 0 fully saturated rings. The van der Waals surface area contributed by atoms with Crippen molar-refractivity contribution in [2.45, 2.75) is 19.0 Å². The van der Waals surface area contributed by atoms with Crippen LogP contribution in [0.3, 0.4) is 0 Å². The van der Waals surface area contributed by atoms with Gasteiger partial charge in [-0.15, -0.1) is 0 Å². The minimum absolute atomic E-state index is 0.00536. The first kappa shape index (κ1) is 16.9. The maximum Gasteiger partial charge on any atom is 0.399 e. The Morgan fingerprint density at radius 2 is 1.61 bits per heavy atom. The Bertz CT molecular complexity index is 720. The van der Waals surface area contributed by atoms with Gasteiger partial charge in [-0.1, -0.05) is 42.5 Å². The van der Waals surface area contributed by atoms with E-state index in [1.807, 2.05) is 0 Å². The molecule has 0 bridgehead atoms. The summed E-state index contributed by atoms with van der Waals surface area (Å²) in [7, 11) is -3.06. The zero-order valence-electron chi connectivity index (χ0n) is 12.2. The maximum atomic E-state index is 11.6. The summed E-state index contributed by atoms with van der Waals surface area (Å²) in [6.45, 7) is -0.00536. The quantitative estimate of drug-likeness (QED) is 0.757. The third kappa shape index (κ3) is 4.77. The van der Waals surface area contributed by atoms with Crippen LogP contribution in [-0.4, -0.2) is 26.9 Å². The molecular formula is C16H16NO5P. The minimum atomic E-state index is -3.06. The molecule has 2 rings (SSSR count). The van der Waals surface area contributed by atoms with Crippen LogP contribution in [0.25, 0.3) is 0 Å². The van der Waals surface area contributed by atoms with Crippen molar-refractivity contribution in [1.82, 2.24) is 4.67 Å². The van der Waals surface area contributed by atoms with Crippen LogP contribution in [0.4, 0.5) is 0 Å². The van der Waals surface area contributed by atoms with Crippen LogP contribution in [-0.2, 0) is 26.9 Å². The van der Waals surface area contributed by atoms with Gasteiger partial charge in [0.2, 0.25) is 0 Å². The number of carboxylic acids is 1.